The summed E-state index contributed by atoms with van der Waals surface area (Å²) in [6.07, 6.45) is -0.959. The van der Waals surface area contributed by atoms with Gasteiger partial charge in [-0.1, -0.05) is 18.2 Å². The van der Waals surface area contributed by atoms with Gasteiger partial charge in [0.25, 0.3) is 5.91 Å². The van der Waals surface area contributed by atoms with Crippen LogP contribution in [0.2, 0.25) is 0 Å². The Bertz CT molecular complexity index is 1110. The van der Waals surface area contributed by atoms with Crippen LogP contribution < -0.4 is 10.6 Å². The largest absolute Gasteiger partial charge is 0.413 e. The van der Waals surface area contributed by atoms with Gasteiger partial charge in [0.1, 0.15) is 0 Å². The number of amides is 1. The van der Waals surface area contributed by atoms with Crippen molar-refractivity contribution >= 4 is 22.4 Å². The first-order valence-corrected chi connectivity index (χ1v) is 9.56. The lowest BCUT2D eigenvalue weighted by Gasteiger charge is -2.39. The zero-order chi connectivity index (χ0) is 20.2. The average Bonchev–Trinajstić information content (AvgIpc) is 3.30. The number of rotatable bonds is 3. The molecule has 1 fully saturated rings. The normalized spacial score (nSPS) is 18.2. The summed E-state index contributed by atoms with van der Waals surface area (Å²) in [5.41, 5.74) is 1.10. The average molecular weight is 400 g/mol. The van der Waals surface area contributed by atoms with Gasteiger partial charge in [0, 0.05) is 29.3 Å². The lowest BCUT2D eigenvalue weighted by atomic mass is 9.87. The van der Waals surface area contributed by atoms with Crippen molar-refractivity contribution in [2.45, 2.75) is 31.0 Å². The summed E-state index contributed by atoms with van der Waals surface area (Å²) in [4.78, 5) is 12.1. The molecule has 0 saturated carbocycles. The van der Waals surface area contributed by atoms with E-state index in [0.717, 1.165) is 26.7 Å². The van der Waals surface area contributed by atoms with Crippen molar-refractivity contribution in [1.82, 2.24) is 15.1 Å². The van der Waals surface area contributed by atoms with Crippen LogP contribution >= 0.6 is 0 Å². The van der Waals surface area contributed by atoms with E-state index in [1.165, 1.54) is 12.4 Å². The summed E-state index contributed by atoms with van der Waals surface area (Å²) in [7, 11) is 0. The minimum atomic E-state index is -4.37. The van der Waals surface area contributed by atoms with Crippen molar-refractivity contribution in [2.24, 2.45) is 0 Å². The number of aromatic nitrogens is 2. The molecule has 8 heteroatoms. The summed E-state index contributed by atoms with van der Waals surface area (Å²) in [5, 5.41) is 11.8. The Morgan fingerprint density at radius 3 is 2.69 bits per heavy atom. The summed E-state index contributed by atoms with van der Waals surface area (Å²) in [6, 6.07) is 9.30. The van der Waals surface area contributed by atoms with Gasteiger partial charge < -0.3 is 10.6 Å². The molecule has 3 heterocycles. The molecule has 5 rings (SSSR count). The lowest BCUT2D eigenvalue weighted by molar-refractivity contribution is -0.226. The van der Waals surface area contributed by atoms with E-state index in [1.54, 1.807) is 6.07 Å². The maximum Gasteiger partial charge on any atom is 0.413 e. The molecule has 5 nitrogen and oxygen atoms in total. The molecule has 3 aromatic rings. The van der Waals surface area contributed by atoms with Crippen molar-refractivity contribution in [3.8, 4) is 0 Å². The van der Waals surface area contributed by atoms with Gasteiger partial charge in [0.15, 0.2) is 5.54 Å². The maximum atomic E-state index is 13.9. The third-order valence-electron chi connectivity index (χ3n) is 6.05. The topological polar surface area (TPSA) is 59.0 Å². The zero-order valence-corrected chi connectivity index (χ0v) is 15.5. The van der Waals surface area contributed by atoms with Crippen LogP contribution in [0.4, 0.5) is 18.9 Å². The molecule has 1 amide bonds. The van der Waals surface area contributed by atoms with Gasteiger partial charge in [-0.3, -0.25) is 9.48 Å². The highest BCUT2D eigenvalue weighted by atomic mass is 19.4. The molecule has 1 aromatic heterocycles. The first-order chi connectivity index (χ1) is 13.9. The van der Waals surface area contributed by atoms with E-state index in [9.17, 15) is 18.0 Å². The molecule has 1 saturated heterocycles. The molecule has 0 radical (unpaired) electrons. The number of hydrogen-bond acceptors (Lipinski definition) is 3. The van der Waals surface area contributed by atoms with E-state index in [1.807, 2.05) is 24.3 Å². The molecule has 2 aliphatic heterocycles. The van der Waals surface area contributed by atoms with E-state index in [0.29, 0.717) is 30.6 Å². The quantitative estimate of drug-likeness (QED) is 0.703. The SMILES string of the molecule is O=C1Nc2ccc(Cc3cnn(C4(C(F)(F)F)CCNCC4)c3)c3cccc1c23. The van der Waals surface area contributed by atoms with Crippen LogP contribution in [0.15, 0.2) is 42.7 Å². The Hall–Kier alpha value is -2.87. The van der Waals surface area contributed by atoms with Crippen LogP contribution in [0.25, 0.3) is 10.8 Å². The summed E-state index contributed by atoms with van der Waals surface area (Å²) in [6.45, 7) is 0.620. The fraction of sp³-hybridized carbons (Fsp3) is 0.333. The number of alkyl halides is 3. The number of benzene rings is 2. The Labute approximate surface area is 164 Å². The Kier molecular flexibility index (Phi) is 3.96. The molecule has 0 aliphatic carbocycles. The van der Waals surface area contributed by atoms with Crippen LogP contribution in [0.5, 0.6) is 0 Å². The van der Waals surface area contributed by atoms with Crippen LogP contribution in [0, 0.1) is 0 Å². The summed E-state index contributed by atoms with van der Waals surface area (Å²) < 4.78 is 42.9. The molecule has 0 atom stereocenters. The van der Waals surface area contributed by atoms with E-state index in [-0.39, 0.29) is 18.7 Å². The highest BCUT2D eigenvalue weighted by Gasteiger charge is 2.57. The number of nitrogens with one attached hydrogen (secondary N) is 2. The molecule has 2 aromatic carbocycles. The number of halogens is 3. The molecule has 0 spiro atoms. The van der Waals surface area contributed by atoms with Gasteiger partial charge in [-0.05, 0) is 54.6 Å². The van der Waals surface area contributed by atoms with Gasteiger partial charge in [-0.15, -0.1) is 0 Å². The van der Waals surface area contributed by atoms with E-state index in [2.05, 4.69) is 15.7 Å². The van der Waals surface area contributed by atoms with Crippen molar-refractivity contribution in [1.29, 1.82) is 0 Å². The molecular weight excluding hydrogens is 381 g/mol. The minimum absolute atomic E-state index is 0.0353. The van der Waals surface area contributed by atoms with Crippen LogP contribution in [-0.2, 0) is 12.0 Å². The number of carbonyl (C=O) groups excluding carboxylic acids is 1. The van der Waals surface area contributed by atoms with E-state index < -0.39 is 11.7 Å². The predicted molar refractivity (Wildman–Crippen MR) is 103 cm³/mol. The smallest absolute Gasteiger partial charge is 0.321 e. The second-order valence-electron chi connectivity index (χ2n) is 7.70. The second-order valence-corrected chi connectivity index (χ2v) is 7.70. The Morgan fingerprint density at radius 2 is 1.93 bits per heavy atom. The van der Waals surface area contributed by atoms with E-state index in [4.69, 9.17) is 0 Å². The molecule has 29 heavy (non-hydrogen) atoms. The number of carbonyl (C=O) groups is 1. The van der Waals surface area contributed by atoms with Crippen LogP contribution in [0.3, 0.4) is 0 Å². The van der Waals surface area contributed by atoms with Crippen molar-refractivity contribution in [3.05, 3.63) is 59.4 Å². The summed E-state index contributed by atoms with van der Waals surface area (Å²) in [5.74, 6) is -0.131. The molecule has 2 aliphatic rings. The third-order valence-corrected chi connectivity index (χ3v) is 6.05. The maximum absolute atomic E-state index is 13.9. The predicted octanol–water partition coefficient (Wildman–Crippen LogP) is 3.83. The lowest BCUT2D eigenvalue weighted by Crippen LogP contribution is -2.54. The Morgan fingerprint density at radius 1 is 1.14 bits per heavy atom. The highest BCUT2D eigenvalue weighted by Crippen LogP contribution is 2.43. The minimum Gasteiger partial charge on any atom is -0.321 e. The highest BCUT2D eigenvalue weighted by molar-refractivity contribution is 6.24. The number of hydrogen-bond donors (Lipinski definition) is 2. The second kappa shape index (κ2) is 6.32. The molecule has 0 bridgehead atoms. The Balaban J connectivity index is 1.52. The van der Waals surface area contributed by atoms with Crippen molar-refractivity contribution < 1.29 is 18.0 Å². The van der Waals surface area contributed by atoms with E-state index >= 15 is 0 Å². The van der Waals surface area contributed by atoms with Gasteiger partial charge in [-0.2, -0.15) is 18.3 Å². The first kappa shape index (κ1) is 18.2. The van der Waals surface area contributed by atoms with Gasteiger partial charge >= 0.3 is 6.18 Å². The number of piperidine rings is 1. The number of nitrogens with zero attached hydrogens (tertiary/aromatic N) is 2. The van der Waals surface area contributed by atoms with Crippen LogP contribution in [-0.4, -0.2) is 35.0 Å². The molecule has 150 valence electrons. The van der Waals surface area contributed by atoms with Gasteiger partial charge in [0.2, 0.25) is 0 Å². The fourth-order valence-corrected chi connectivity index (χ4v) is 4.49. The van der Waals surface area contributed by atoms with Crippen molar-refractivity contribution in [3.63, 3.8) is 0 Å². The fourth-order valence-electron chi connectivity index (χ4n) is 4.49. The monoisotopic (exact) mass is 400 g/mol. The third kappa shape index (κ3) is 2.73. The summed E-state index contributed by atoms with van der Waals surface area (Å²) >= 11 is 0. The number of anilines is 1. The zero-order valence-electron chi connectivity index (χ0n) is 15.5. The van der Waals surface area contributed by atoms with Gasteiger partial charge in [0.05, 0.1) is 6.20 Å². The first-order valence-electron chi connectivity index (χ1n) is 9.56. The molecular formula is C21H19F3N4O. The van der Waals surface area contributed by atoms with Crippen molar-refractivity contribution in [2.75, 3.05) is 18.4 Å². The van der Waals surface area contributed by atoms with Gasteiger partial charge in [-0.25, -0.2) is 0 Å². The molecule has 2 N–H and O–H groups in total. The standard InChI is InChI=1S/C21H19F3N4O/c22-21(23,24)20(6-8-25-9-7-20)28-12-13(11-26-28)10-14-4-5-17-18-15(14)2-1-3-16(18)19(29)27-17/h1-5,11-12,25H,6-10H2,(H,27,29). The molecule has 0 unspecified atom stereocenters. The van der Waals surface area contributed by atoms with Crippen LogP contribution in [0.1, 0.15) is 34.3 Å².